The lowest BCUT2D eigenvalue weighted by molar-refractivity contribution is -0.164. The topological polar surface area (TPSA) is 115 Å². The van der Waals surface area contributed by atoms with Crippen molar-refractivity contribution in [3.8, 4) is 5.75 Å². The number of carboxylic acids is 1. The summed E-state index contributed by atoms with van der Waals surface area (Å²) in [6, 6.07) is 8.54. The Balaban J connectivity index is 0.000000960. The van der Waals surface area contributed by atoms with Crippen molar-refractivity contribution in [3.05, 3.63) is 59.9 Å². The van der Waals surface area contributed by atoms with Crippen molar-refractivity contribution in [1.82, 2.24) is 10.3 Å². The molecule has 2 aromatic rings. The normalized spacial score (nSPS) is 11.6. The summed E-state index contributed by atoms with van der Waals surface area (Å²) in [6.45, 7) is 1.81. The standard InChI is InChI=1S/C17H18F3N3O2.C2H4O2/c18-17(19,20)16(14-3-1-2-9-22-14)23-15(24)11-12-4-6-13(7-5-12)25-10-8-21;1-2(3)4/h1-7,9,16H,8,10-11,21H2,(H,23,24);1H3,(H,3,4). The molecule has 1 heterocycles. The highest BCUT2D eigenvalue weighted by Gasteiger charge is 2.42. The van der Waals surface area contributed by atoms with E-state index in [4.69, 9.17) is 20.4 Å². The molecule has 1 atom stereocenters. The van der Waals surface area contributed by atoms with Gasteiger partial charge in [-0.25, -0.2) is 0 Å². The van der Waals surface area contributed by atoms with Gasteiger partial charge in [-0.15, -0.1) is 0 Å². The van der Waals surface area contributed by atoms with Crippen molar-refractivity contribution in [3.63, 3.8) is 0 Å². The van der Waals surface area contributed by atoms with E-state index in [1.54, 1.807) is 24.3 Å². The lowest BCUT2D eigenvalue weighted by atomic mass is 10.1. The minimum atomic E-state index is -4.63. The smallest absolute Gasteiger partial charge is 0.414 e. The largest absolute Gasteiger partial charge is 0.492 e. The number of rotatable bonds is 7. The minimum absolute atomic E-state index is 0.184. The maximum atomic E-state index is 13.2. The zero-order valence-electron chi connectivity index (χ0n) is 15.6. The van der Waals surface area contributed by atoms with Crippen LogP contribution >= 0.6 is 0 Å². The van der Waals surface area contributed by atoms with Crippen molar-refractivity contribution < 1.29 is 32.6 Å². The third-order valence-corrected chi connectivity index (χ3v) is 3.29. The molecular weight excluding hydrogens is 391 g/mol. The van der Waals surface area contributed by atoms with Crippen LogP contribution in [0.1, 0.15) is 24.2 Å². The maximum Gasteiger partial charge on any atom is 0.414 e. The Kier molecular flexibility index (Phi) is 9.60. The maximum absolute atomic E-state index is 13.2. The van der Waals surface area contributed by atoms with Crippen molar-refractivity contribution in [1.29, 1.82) is 0 Å². The first kappa shape index (κ1) is 23.9. The number of aliphatic carboxylic acids is 1. The molecule has 1 unspecified atom stereocenters. The van der Waals surface area contributed by atoms with Crippen molar-refractivity contribution >= 4 is 11.9 Å². The quantitative estimate of drug-likeness (QED) is 0.643. The predicted molar refractivity (Wildman–Crippen MR) is 99.2 cm³/mol. The van der Waals surface area contributed by atoms with Gasteiger partial charge in [0, 0.05) is 19.7 Å². The van der Waals surface area contributed by atoms with Gasteiger partial charge >= 0.3 is 6.18 Å². The highest BCUT2D eigenvalue weighted by atomic mass is 19.4. The van der Waals surface area contributed by atoms with E-state index in [0.717, 1.165) is 6.92 Å². The Morgan fingerprint density at radius 2 is 1.83 bits per heavy atom. The average Bonchev–Trinajstić information content (AvgIpc) is 2.65. The van der Waals surface area contributed by atoms with Crippen LogP contribution in [0.25, 0.3) is 0 Å². The molecule has 0 spiro atoms. The van der Waals surface area contributed by atoms with Gasteiger partial charge in [0.25, 0.3) is 5.97 Å². The molecule has 158 valence electrons. The number of carbonyl (C=O) groups is 2. The van der Waals surface area contributed by atoms with E-state index in [9.17, 15) is 18.0 Å². The molecular formula is C19H22F3N3O4. The van der Waals surface area contributed by atoms with Gasteiger partial charge in [-0.1, -0.05) is 18.2 Å². The SMILES string of the molecule is CC(=O)O.NCCOc1ccc(CC(=O)NC(c2ccccn2)C(F)(F)F)cc1. The van der Waals surface area contributed by atoms with Crippen LogP contribution in [0.4, 0.5) is 13.2 Å². The summed E-state index contributed by atoms with van der Waals surface area (Å²) in [5, 5.41) is 9.41. The highest BCUT2D eigenvalue weighted by Crippen LogP contribution is 2.31. The van der Waals surface area contributed by atoms with Crippen LogP contribution in [0.3, 0.4) is 0 Å². The first-order valence-corrected chi connectivity index (χ1v) is 8.51. The second-order valence-electron chi connectivity index (χ2n) is 5.77. The molecule has 0 bridgehead atoms. The molecule has 2 rings (SSSR count). The molecule has 0 radical (unpaired) electrons. The Morgan fingerprint density at radius 1 is 1.21 bits per heavy atom. The first-order valence-electron chi connectivity index (χ1n) is 8.51. The van der Waals surface area contributed by atoms with E-state index in [1.807, 2.05) is 5.32 Å². The number of alkyl halides is 3. The zero-order valence-corrected chi connectivity index (χ0v) is 15.6. The van der Waals surface area contributed by atoms with E-state index in [1.165, 1.54) is 24.4 Å². The summed E-state index contributed by atoms with van der Waals surface area (Å²) in [4.78, 5) is 24.7. The highest BCUT2D eigenvalue weighted by molar-refractivity contribution is 5.79. The van der Waals surface area contributed by atoms with E-state index >= 15 is 0 Å². The molecule has 4 N–H and O–H groups in total. The molecule has 1 aromatic heterocycles. The fraction of sp³-hybridized carbons (Fsp3) is 0.316. The fourth-order valence-corrected chi connectivity index (χ4v) is 2.15. The number of hydrogen-bond acceptors (Lipinski definition) is 5. The number of nitrogens with two attached hydrogens (primary N) is 1. The number of nitrogens with zero attached hydrogens (tertiary/aromatic N) is 1. The number of hydrogen-bond donors (Lipinski definition) is 3. The Hall–Kier alpha value is -3.14. The number of benzene rings is 1. The molecule has 10 heteroatoms. The number of pyridine rings is 1. The van der Waals surface area contributed by atoms with Crippen LogP contribution in [0.15, 0.2) is 48.7 Å². The lowest BCUT2D eigenvalue weighted by Gasteiger charge is -2.21. The molecule has 0 fully saturated rings. The number of amides is 1. The summed E-state index contributed by atoms with van der Waals surface area (Å²) in [6.07, 6.45) is -3.57. The summed E-state index contributed by atoms with van der Waals surface area (Å²) in [5.74, 6) is -1.00. The predicted octanol–water partition coefficient (Wildman–Crippen LogP) is 2.47. The number of halogens is 3. The average molecular weight is 413 g/mol. The molecule has 0 aliphatic rings. The van der Waals surface area contributed by atoms with Gasteiger partial charge in [0.15, 0.2) is 6.04 Å². The third kappa shape index (κ3) is 9.56. The number of carbonyl (C=O) groups excluding carboxylic acids is 1. The van der Waals surface area contributed by atoms with Crippen LogP contribution in [0.2, 0.25) is 0 Å². The van der Waals surface area contributed by atoms with Crippen molar-refractivity contribution in [2.24, 2.45) is 5.73 Å². The van der Waals surface area contributed by atoms with Crippen LogP contribution in [-0.4, -0.2) is 41.3 Å². The summed E-state index contributed by atoms with van der Waals surface area (Å²) >= 11 is 0. The van der Waals surface area contributed by atoms with Gasteiger partial charge in [0.2, 0.25) is 5.91 Å². The van der Waals surface area contributed by atoms with Crippen LogP contribution < -0.4 is 15.8 Å². The third-order valence-electron chi connectivity index (χ3n) is 3.29. The zero-order chi connectivity index (χ0) is 21.9. The molecule has 1 amide bonds. The van der Waals surface area contributed by atoms with Crippen molar-refractivity contribution in [2.45, 2.75) is 25.6 Å². The number of nitrogens with one attached hydrogen (secondary N) is 1. The molecule has 7 nitrogen and oxygen atoms in total. The number of ether oxygens (including phenoxy) is 1. The molecule has 0 saturated carbocycles. The van der Waals surface area contributed by atoms with E-state index in [2.05, 4.69) is 4.98 Å². The minimum Gasteiger partial charge on any atom is -0.492 e. The molecule has 1 aromatic carbocycles. The molecule has 29 heavy (non-hydrogen) atoms. The second kappa shape index (κ2) is 11.6. The number of carboxylic acid groups (broad SMARTS) is 1. The van der Waals surface area contributed by atoms with Crippen LogP contribution in [0.5, 0.6) is 5.75 Å². The van der Waals surface area contributed by atoms with Gasteiger partial charge in [-0.05, 0) is 29.8 Å². The molecule has 0 saturated heterocycles. The van der Waals surface area contributed by atoms with E-state index in [-0.39, 0.29) is 12.1 Å². The van der Waals surface area contributed by atoms with Crippen LogP contribution in [0, 0.1) is 0 Å². The monoisotopic (exact) mass is 413 g/mol. The summed E-state index contributed by atoms with van der Waals surface area (Å²) < 4.78 is 44.9. The van der Waals surface area contributed by atoms with Gasteiger partial charge in [-0.2, -0.15) is 13.2 Å². The molecule has 0 aliphatic heterocycles. The Morgan fingerprint density at radius 3 is 2.31 bits per heavy atom. The van der Waals surface area contributed by atoms with Crippen molar-refractivity contribution in [2.75, 3.05) is 13.2 Å². The second-order valence-corrected chi connectivity index (χ2v) is 5.77. The summed E-state index contributed by atoms with van der Waals surface area (Å²) in [7, 11) is 0. The van der Waals surface area contributed by atoms with Crippen LogP contribution in [-0.2, 0) is 16.0 Å². The van der Waals surface area contributed by atoms with Gasteiger partial charge in [0.05, 0.1) is 12.1 Å². The van der Waals surface area contributed by atoms with Gasteiger partial charge in [0.1, 0.15) is 12.4 Å². The van der Waals surface area contributed by atoms with Gasteiger partial charge < -0.3 is 20.9 Å². The Bertz CT molecular complexity index is 765. The fourth-order valence-electron chi connectivity index (χ4n) is 2.15. The van der Waals surface area contributed by atoms with E-state index in [0.29, 0.717) is 24.5 Å². The van der Waals surface area contributed by atoms with Gasteiger partial charge in [-0.3, -0.25) is 14.6 Å². The Labute approximate surface area is 165 Å². The molecule has 0 aliphatic carbocycles. The van der Waals surface area contributed by atoms with E-state index < -0.39 is 24.1 Å². The lowest BCUT2D eigenvalue weighted by Crippen LogP contribution is -2.39. The summed E-state index contributed by atoms with van der Waals surface area (Å²) in [5.41, 5.74) is 5.64. The number of aromatic nitrogens is 1. The first-order chi connectivity index (χ1) is 13.6.